The zero-order valence-corrected chi connectivity index (χ0v) is 17.0. The molecule has 0 heterocycles. The SMILES string of the molecule is CCNC(=O)N[C@H]1CC[C@@H](N(C)C(=O)c2ccc(-c3ccccc3)cc2Cl)C1. The van der Waals surface area contributed by atoms with Crippen LogP contribution in [0.15, 0.2) is 48.5 Å². The zero-order valence-electron chi connectivity index (χ0n) is 16.2. The molecule has 2 aromatic rings. The summed E-state index contributed by atoms with van der Waals surface area (Å²) < 4.78 is 0. The van der Waals surface area contributed by atoms with Gasteiger partial charge in [0, 0.05) is 25.7 Å². The summed E-state index contributed by atoms with van der Waals surface area (Å²) in [5, 5.41) is 6.16. The maximum absolute atomic E-state index is 13.0. The lowest BCUT2D eigenvalue weighted by Crippen LogP contribution is -2.42. The van der Waals surface area contributed by atoms with Crippen LogP contribution >= 0.6 is 11.6 Å². The van der Waals surface area contributed by atoms with Gasteiger partial charge in [0.25, 0.3) is 5.91 Å². The maximum Gasteiger partial charge on any atom is 0.314 e. The number of halogens is 1. The molecule has 2 atom stereocenters. The molecule has 2 aromatic carbocycles. The van der Waals surface area contributed by atoms with Crippen LogP contribution in [-0.4, -0.2) is 42.5 Å². The van der Waals surface area contributed by atoms with Crippen LogP contribution in [0.2, 0.25) is 5.02 Å². The number of hydrogen-bond acceptors (Lipinski definition) is 2. The number of amides is 3. The molecule has 0 aliphatic heterocycles. The Labute approximate surface area is 171 Å². The number of benzene rings is 2. The van der Waals surface area contributed by atoms with Crippen LogP contribution < -0.4 is 10.6 Å². The van der Waals surface area contributed by atoms with E-state index < -0.39 is 0 Å². The number of rotatable bonds is 5. The third kappa shape index (κ3) is 4.65. The van der Waals surface area contributed by atoms with Crippen LogP contribution in [0, 0.1) is 0 Å². The molecular weight excluding hydrogens is 374 g/mol. The Hall–Kier alpha value is -2.53. The summed E-state index contributed by atoms with van der Waals surface area (Å²) in [7, 11) is 1.81. The van der Waals surface area contributed by atoms with Crippen molar-refractivity contribution in [2.75, 3.05) is 13.6 Å². The first-order chi connectivity index (χ1) is 13.5. The second kappa shape index (κ2) is 9.11. The number of hydrogen-bond donors (Lipinski definition) is 2. The predicted octanol–water partition coefficient (Wildman–Crippen LogP) is 4.32. The van der Waals surface area contributed by atoms with Crippen LogP contribution in [0.25, 0.3) is 11.1 Å². The van der Waals surface area contributed by atoms with Crippen molar-refractivity contribution in [3.8, 4) is 11.1 Å². The summed E-state index contributed by atoms with van der Waals surface area (Å²) >= 11 is 6.44. The Morgan fingerprint density at radius 3 is 2.54 bits per heavy atom. The second-order valence-electron chi connectivity index (χ2n) is 7.14. The molecule has 0 radical (unpaired) electrons. The van der Waals surface area contributed by atoms with Crippen molar-refractivity contribution in [3.63, 3.8) is 0 Å². The predicted molar refractivity (Wildman–Crippen MR) is 113 cm³/mol. The largest absolute Gasteiger partial charge is 0.339 e. The third-order valence-corrected chi connectivity index (χ3v) is 5.56. The Kier molecular flexibility index (Phi) is 6.57. The fourth-order valence-electron chi connectivity index (χ4n) is 3.69. The van der Waals surface area contributed by atoms with Crippen LogP contribution in [-0.2, 0) is 0 Å². The van der Waals surface area contributed by atoms with Gasteiger partial charge in [-0.05, 0) is 49.4 Å². The summed E-state index contributed by atoms with van der Waals surface area (Å²) in [6, 6.07) is 15.5. The summed E-state index contributed by atoms with van der Waals surface area (Å²) in [6.07, 6.45) is 2.47. The highest BCUT2D eigenvalue weighted by Gasteiger charge is 2.31. The van der Waals surface area contributed by atoms with E-state index in [9.17, 15) is 9.59 Å². The summed E-state index contributed by atoms with van der Waals surface area (Å²) in [5.41, 5.74) is 2.55. The van der Waals surface area contributed by atoms with E-state index in [-0.39, 0.29) is 24.0 Å². The van der Waals surface area contributed by atoms with Gasteiger partial charge in [0.05, 0.1) is 10.6 Å². The summed E-state index contributed by atoms with van der Waals surface area (Å²) in [5.74, 6) is -0.0896. The zero-order chi connectivity index (χ0) is 20.1. The van der Waals surface area contributed by atoms with Crippen molar-refractivity contribution in [2.45, 2.75) is 38.3 Å². The standard InChI is InChI=1S/C22H26ClN3O2/c1-3-24-22(28)25-17-10-11-18(14-17)26(2)21(27)19-12-9-16(13-20(19)23)15-7-5-4-6-8-15/h4-9,12-13,17-18H,3,10-11,14H2,1-2H3,(H2,24,25,28)/t17-,18+/m0/s1. The monoisotopic (exact) mass is 399 g/mol. The van der Waals surface area contributed by atoms with Gasteiger partial charge in [-0.3, -0.25) is 4.79 Å². The summed E-state index contributed by atoms with van der Waals surface area (Å²) in [4.78, 5) is 26.4. The van der Waals surface area contributed by atoms with Crippen molar-refractivity contribution < 1.29 is 9.59 Å². The lowest BCUT2D eigenvalue weighted by molar-refractivity contribution is 0.0734. The molecule has 1 aliphatic carbocycles. The quantitative estimate of drug-likeness (QED) is 0.786. The van der Waals surface area contributed by atoms with E-state index in [0.717, 1.165) is 30.4 Å². The molecule has 1 saturated carbocycles. The molecule has 148 valence electrons. The smallest absolute Gasteiger partial charge is 0.314 e. The first kappa shape index (κ1) is 20.2. The first-order valence-electron chi connectivity index (χ1n) is 9.66. The van der Waals surface area contributed by atoms with Gasteiger partial charge in [0.2, 0.25) is 0 Å². The lowest BCUT2D eigenvalue weighted by atomic mass is 10.0. The van der Waals surface area contributed by atoms with Crippen molar-refractivity contribution in [1.29, 1.82) is 0 Å². The highest BCUT2D eigenvalue weighted by atomic mass is 35.5. The van der Waals surface area contributed by atoms with Gasteiger partial charge in [0.15, 0.2) is 0 Å². The third-order valence-electron chi connectivity index (χ3n) is 5.25. The van der Waals surface area contributed by atoms with E-state index >= 15 is 0 Å². The normalized spacial score (nSPS) is 18.5. The highest BCUT2D eigenvalue weighted by molar-refractivity contribution is 6.34. The second-order valence-corrected chi connectivity index (χ2v) is 7.55. The van der Waals surface area contributed by atoms with E-state index in [1.807, 2.05) is 56.4 Å². The number of carbonyl (C=O) groups excluding carboxylic acids is 2. The van der Waals surface area contributed by atoms with E-state index in [2.05, 4.69) is 10.6 Å². The van der Waals surface area contributed by atoms with Crippen molar-refractivity contribution >= 4 is 23.5 Å². The van der Waals surface area contributed by atoms with Gasteiger partial charge in [-0.2, -0.15) is 0 Å². The average Bonchev–Trinajstić information content (AvgIpc) is 3.16. The number of urea groups is 1. The number of nitrogens with zero attached hydrogens (tertiary/aromatic N) is 1. The molecule has 2 N–H and O–H groups in total. The van der Waals surface area contributed by atoms with Gasteiger partial charge in [-0.25, -0.2) is 4.79 Å². The molecule has 28 heavy (non-hydrogen) atoms. The maximum atomic E-state index is 13.0. The Bertz CT molecular complexity index is 841. The molecule has 0 saturated heterocycles. The Morgan fingerprint density at radius 1 is 1.11 bits per heavy atom. The molecule has 0 aromatic heterocycles. The fourth-order valence-corrected chi connectivity index (χ4v) is 3.95. The molecule has 3 rings (SSSR count). The van der Waals surface area contributed by atoms with Gasteiger partial charge in [-0.15, -0.1) is 0 Å². The van der Waals surface area contributed by atoms with Crippen molar-refractivity contribution in [2.24, 2.45) is 0 Å². The topological polar surface area (TPSA) is 61.4 Å². The van der Waals surface area contributed by atoms with E-state index in [1.54, 1.807) is 11.0 Å². The van der Waals surface area contributed by atoms with Crippen molar-refractivity contribution in [3.05, 3.63) is 59.1 Å². The van der Waals surface area contributed by atoms with Gasteiger partial charge in [-0.1, -0.05) is 48.0 Å². The minimum Gasteiger partial charge on any atom is -0.339 e. The highest BCUT2D eigenvalue weighted by Crippen LogP contribution is 2.29. The molecule has 6 heteroatoms. The van der Waals surface area contributed by atoms with Gasteiger partial charge < -0.3 is 15.5 Å². The molecule has 0 bridgehead atoms. The molecule has 1 aliphatic rings. The van der Waals surface area contributed by atoms with E-state index in [1.165, 1.54) is 0 Å². The molecule has 0 unspecified atom stereocenters. The minimum atomic E-state index is -0.151. The van der Waals surface area contributed by atoms with Crippen LogP contribution in [0.4, 0.5) is 4.79 Å². The van der Waals surface area contributed by atoms with Crippen LogP contribution in [0.1, 0.15) is 36.5 Å². The Balaban J connectivity index is 1.66. The summed E-state index contributed by atoms with van der Waals surface area (Å²) in [6.45, 7) is 2.48. The molecule has 0 spiro atoms. The first-order valence-corrected chi connectivity index (χ1v) is 10.0. The Morgan fingerprint density at radius 2 is 1.86 bits per heavy atom. The van der Waals surface area contributed by atoms with Gasteiger partial charge in [0.1, 0.15) is 0 Å². The molecule has 1 fully saturated rings. The average molecular weight is 400 g/mol. The van der Waals surface area contributed by atoms with Crippen molar-refractivity contribution in [1.82, 2.24) is 15.5 Å². The van der Waals surface area contributed by atoms with Crippen LogP contribution in [0.5, 0.6) is 0 Å². The van der Waals surface area contributed by atoms with Gasteiger partial charge >= 0.3 is 6.03 Å². The molecule has 5 nitrogen and oxygen atoms in total. The minimum absolute atomic E-state index is 0.0859. The number of carbonyl (C=O) groups is 2. The molecular formula is C22H26ClN3O2. The molecule has 3 amide bonds. The fraction of sp³-hybridized carbons (Fsp3) is 0.364. The van der Waals surface area contributed by atoms with Crippen LogP contribution in [0.3, 0.4) is 0 Å². The number of nitrogens with one attached hydrogen (secondary N) is 2. The van der Waals surface area contributed by atoms with E-state index in [0.29, 0.717) is 17.1 Å². The lowest BCUT2D eigenvalue weighted by Gasteiger charge is -2.25. The van der Waals surface area contributed by atoms with E-state index in [4.69, 9.17) is 11.6 Å².